The van der Waals surface area contributed by atoms with Gasteiger partial charge in [0.25, 0.3) is 0 Å². The number of nitrogens with zero attached hydrogens (tertiary/aromatic N) is 2. The minimum absolute atomic E-state index is 0.511. The van der Waals surface area contributed by atoms with Crippen LogP contribution in [0.5, 0.6) is 0 Å². The van der Waals surface area contributed by atoms with E-state index in [4.69, 9.17) is 4.74 Å². The lowest BCUT2D eigenvalue weighted by Crippen LogP contribution is -2.11. The Morgan fingerprint density at radius 2 is 2.15 bits per heavy atom. The van der Waals surface area contributed by atoms with Crippen LogP contribution in [0.25, 0.3) is 0 Å². The maximum atomic E-state index is 10.5. The van der Waals surface area contributed by atoms with Crippen LogP contribution in [0.2, 0.25) is 0 Å². The highest BCUT2D eigenvalue weighted by Gasteiger charge is 2.15. The van der Waals surface area contributed by atoms with E-state index in [1.165, 1.54) is 0 Å². The average molecular weight is 274 g/mol. The summed E-state index contributed by atoms with van der Waals surface area (Å²) in [5.41, 5.74) is 1.94. The van der Waals surface area contributed by atoms with Gasteiger partial charge in [0.1, 0.15) is 5.82 Å². The second-order valence-electron chi connectivity index (χ2n) is 4.89. The van der Waals surface area contributed by atoms with Gasteiger partial charge in [-0.3, -0.25) is 0 Å². The smallest absolute Gasteiger partial charge is 0.111 e. The van der Waals surface area contributed by atoms with Crippen molar-refractivity contribution in [1.82, 2.24) is 9.55 Å². The minimum Gasteiger partial charge on any atom is -0.388 e. The molecule has 4 heteroatoms. The van der Waals surface area contributed by atoms with E-state index >= 15 is 0 Å². The molecular formula is C16H22N2O2. The summed E-state index contributed by atoms with van der Waals surface area (Å²) in [6.45, 7) is 3.58. The molecule has 0 bridgehead atoms. The Balaban J connectivity index is 2.15. The second-order valence-corrected chi connectivity index (χ2v) is 4.89. The zero-order valence-electron chi connectivity index (χ0n) is 12.1. The molecule has 0 aliphatic heterocycles. The first-order valence-corrected chi connectivity index (χ1v) is 7.01. The van der Waals surface area contributed by atoms with Crippen LogP contribution in [-0.4, -0.2) is 21.8 Å². The molecule has 2 aromatic rings. The molecule has 4 nitrogen and oxygen atoms in total. The number of aliphatic hydroxyl groups excluding tert-OH is 1. The Kier molecular flexibility index (Phi) is 5.32. The number of benzene rings is 1. The van der Waals surface area contributed by atoms with Crippen molar-refractivity contribution in [2.24, 2.45) is 0 Å². The Morgan fingerprint density at radius 3 is 2.90 bits per heavy atom. The summed E-state index contributed by atoms with van der Waals surface area (Å²) in [7, 11) is 1.66. The van der Waals surface area contributed by atoms with Crippen molar-refractivity contribution < 1.29 is 9.84 Å². The molecule has 0 fully saturated rings. The fraction of sp³-hybridized carbons (Fsp3) is 0.438. The molecule has 108 valence electrons. The zero-order chi connectivity index (χ0) is 14.4. The van der Waals surface area contributed by atoms with Crippen molar-refractivity contribution in [2.75, 3.05) is 7.11 Å². The van der Waals surface area contributed by atoms with Gasteiger partial charge in [-0.2, -0.15) is 0 Å². The topological polar surface area (TPSA) is 47.3 Å². The van der Waals surface area contributed by atoms with Crippen LogP contribution in [0.3, 0.4) is 0 Å². The third-order valence-electron chi connectivity index (χ3n) is 3.36. The lowest BCUT2D eigenvalue weighted by atomic mass is 10.0. The number of rotatable bonds is 7. The molecular weight excluding hydrogens is 252 g/mol. The van der Waals surface area contributed by atoms with Crippen LogP contribution in [0.1, 0.15) is 36.4 Å². The van der Waals surface area contributed by atoms with Crippen LogP contribution in [0, 0.1) is 0 Å². The van der Waals surface area contributed by atoms with Gasteiger partial charge in [-0.15, -0.1) is 0 Å². The molecule has 0 radical (unpaired) electrons. The summed E-state index contributed by atoms with van der Waals surface area (Å²) < 4.78 is 7.28. The van der Waals surface area contributed by atoms with Gasteiger partial charge in [-0.05, 0) is 17.5 Å². The van der Waals surface area contributed by atoms with E-state index in [-0.39, 0.29) is 0 Å². The number of aliphatic hydroxyl groups is 1. The van der Waals surface area contributed by atoms with Crippen molar-refractivity contribution >= 4 is 0 Å². The molecule has 0 saturated carbocycles. The lowest BCUT2D eigenvalue weighted by molar-refractivity contribution is 0.159. The number of methoxy groups -OCH3 is 1. The number of aryl methyl sites for hydroxylation is 1. The molecule has 1 aromatic carbocycles. The van der Waals surface area contributed by atoms with Crippen molar-refractivity contribution in [3.05, 3.63) is 53.6 Å². The molecule has 0 saturated heterocycles. The van der Waals surface area contributed by atoms with E-state index in [2.05, 4.69) is 16.5 Å². The quantitative estimate of drug-likeness (QED) is 0.844. The second kappa shape index (κ2) is 7.22. The third-order valence-corrected chi connectivity index (χ3v) is 3.36. The molecule has 0 spiro atoms. The monoisotopic (exact) mass is 274 g/mol. The molecule has 1 heterocycles. The third kappa shape index (κ3) is 3.46. The lowest BCUT2D eigenvalue weighted by Gasteiger charge is -2.16. The van der Waals surface area contributed by atoms with E-state index in [1.807, 2.05) is 30.5 Å². The molecule has 2 rings (SSSR count). The average Bonchev–Trinajstić information content (AvgIpc) is 2.87. The van der Waals surface area contributed by atoms with E-state index < -0.39 is 6.10 Å². The Bertz CT molecular complexity index is 537. The Labute approximate surface area is 120 Å². The van der Waals surface area contributed by atoms with Gasteiger partial charge in [0.15, 0.2) is 0 Å². The zero-order valence-corrected chi connectivity index (χ0v) is 12.1. The van der Waals surface area contributed by atoms with Gasteiger partial charge in [0.05, 0.1) is 12.7 Å². The fourth-order valence-corrected chi connectivity index (χ4v) is 2.40. The molecule has 1 aromatic heterocycles. The maximum absolute atomic E-state index is 10.5. The molecule has 20 heavy (non-hydrogen) atoms. The first-order chi connectivity index (χ1) is 9.76. The highest BCUT2D eigenvalue weighted by molar-refractivity contribution is 5.29. The van der Waals surface area contributed by atoms with Gasteiger partial charge in [-0.25, -0.2) is 4.98 Å². The summed E-state index contributed by atoms with van der Waals surface area (Å²) in [6.07, 6.45) is 4.78. The van der Waals surface area contributed by atoms with E-state index in [0.29, 0.717) is 13.0 Å². The largest absolute Gasteiger partial charge is 0.388 e. The summed E-state index contributed by atoms with van der Waals surface area (Å²) in [5, 5.41) is 10.5. The van der Waals surface area contributed by atoms with Gasteiger partial charge < -0.3 is 14.4 Å². The van der Waals surface area contributed by atoms with Crippen molar-refractivity contribution in [3.63, 3.8) is 0 Å². The molecule has 1 N–H and O–H groups in total. The van der Waals surface area contributed by atoms with Crippen LogP contribution in [0.4, 0.5) is 0 Å². The molecule has 0 aliphatic carbocycles. The Morgan fingerprint density at radius 1 is 1.35 bits per heavy atom. The standard InChI is InChI=1S/C16H22N2O2/c1-3-9-18-10-8-17-16(18)11-15(19)14-7-5-4-6-13(14)12-20-2/h4-8,10,15,19H,3,9,11-12H2,1-2H3. The van der Waals surface area contributed by atoms with E-state index in [0.717, 1.165) is 29.9 Å². The van der Waals surface area contributed by atoms with Gasteiger partial charge in [-0.1, -0.05) is 31.2 Å². The predicted molar refractivity (Wildman–Crippen MR) is 78.3 cm³/mol. The van der Waals surface area contributed by atoms with Gasteiger partial charge >= 0.3 is 0 Å². The highest BCUT2D eigenvalue weighted by atomic mass is 16.5. The summed E-state index contributed by atoms with van der Waals surface area (Å²) in [5.74, 6) is 0.923. The number of ether oxygens (including phenoxy) is 1. The highest BCUT2D eigenvalue weighted by Crippen LogP contribution is 2.22. The molecule has 0 aliphatic rings. The first-order valence-electron chi connectivity index (χ1n) is 7.01. The van der Waals surface area contributed by atoms with Crippen LogP contribution < -0.4 is 0 Å². The minimum atomic E-state index is -0.556. The van der Waals surface area contributed by atoms with Crippen molar-refractivity contribution in [2.45, 2.75) is 39.0 Å². The fourth-order valence-electron chi connectivity index (χ4n) is 2.40. The molecule has 0 amide bonds. The number of imidazole rings is 1. The number of hydrogen-bond donors (Lipinski definition) is 1. The SMILES string of the molecule is CCCn1ccnc1CC(O)c1ccccc1COC. The normalized spacial score (nSPS) is 12.6. The van der Waals surface area contributed by atoms with Crippen LogP contribution in [0.15, 0.2) is 36.7 Å². The molecule has 1 atom stereocenters. The Hall–Kier alpha value is -1.65. The van der Waals surface area contributed by atoms with Gasteiger partial charge in [0, 0.05) is 32.5 Å². The summed E-state index contributed by atoms with van der Waals surface area (Å²) >= 11 is 0. The van der Waals surface area contributed by atoms with Crippen LogP contribution in [-0.2, 0) is 24.3 Å². The summed E-state index contributed by atoms with van der Waals surface area (Å²) in [4.78, 5) is 4.35. The maximum Gasteiger partial charge on any atom is 0.111 e. The predicted octanol–water partition coefficient (Wildman–Crippen LogP) is 2.72. The first kappa shape index (κ1) is 14.8. The van der Waals surface area contributed by atoms with Crippen molar-refractivity contribution in [1.29, 1.82) is 0 Å². The summed E-state index contributed by atoms with van der Waals surface area (Å²) in [6, 6.07) is 7.84. The van der Waals surface area contributed by atoms with E-state index in [9.17, 15) is 5.11 Å². The molecule has 1 unspecified atom stereocenters. The van der Waals surface area contributed by atoms with Crippen molar-refractivity contribution in [3.8, 4) is 0 Å². The van der Waals surface area contributed by atoms with Crippen LogP contribution >= 0.6 is 0 Å². The van der Waals surface area contributed by atoms with E-state index in [1.54, 1.807) is 13.3 Å². The number of hydrogen-bond acceptors (Lipinski definition) is 3. The van der Waals surface area contributed by atoms with Gasteiger partial charge in [0.2, 0.25) is 0 Å². The number of aromatic nitrogens is 2.